The van der Waals surface area contributed by atoms with Crippen molar-refractivity contribution < 1.29 is 19.4 Å². The van der Waals surface area contributed by atoms with E-state index in [1.54, 1.807) is 18.2 Å². The summed E-state index contributed by atoms with van der Waals surface area (Å²) in [6, 6.07) is 6.26. The van der Waals surface area contributed by atoms with Gasteiger partial charge in [0.15, 0.2) is 5.75 Å². The van der Waals surface area contributed by atoms with Gasteiger partial charge in [-0.15, -0.1) is 0 Å². The van der Waals surface area contributed by atoms with Crippen molar-refractivity contribution in [2.75, 3.05) is 7.11 Å². The van der Waals surface area contributed by atoms with Crippen LogP contribution in [-0.2, 0) is 4.79 Å². The number of hydrogen-bond donors (Lipinski definition) is 2. The number of carboxylic acids is 1. The Hall–Kier alpha value is -2.63. The molecule has 2 rings (SSSR count). The number of methoxy groups -OCH3 is 1. The number of aromatic nitrogens is 1. The van der Waals surface area contributed by atoms with E-state index in [1.165, 1.54) is 13.3 Å². The maximum absolute atomic E-state index is 12.6. The number of aliphatic carboxylic acids is 1. The number of pyridine rings is 1. The highest BCUT2D eigenvalue weighted by Gasteiger charge is 2.23. The van der Waals surface area contributed by atoms with Crippen molar-refractivity contribution in [3.63, 3.8) is 0 Å². The topological polar surface area (TPSA) is 88.5 Å². The average Bonchev–Trinajstić information content (AvgIpc) is 2.56. The first-order valence-corrected chi connectivity index (χ1v) is 7.53. The molecule has 1 heterocycles. The van der Waals surface area contributed by atoms with Gasteiger partial charge >= 0.3 is 5.97 Å². The van der Waals surface area contributed by atoms with Gasteiger partial charge in [-0.3, -0.25) is 9.78 Å². The summed E-state index contributed by atoms with van der Waals surface area (Å²) in [7, 11) is 1.45. The largest absolute Gasteiger partial charge is 0.494 e. The van der Waals surface area contributed by atoms with Crippen LogP contribution in [-0.4, -0.2) is 35.1 Å². The van der Waals surface area contributed by atoms with Crippen LogP contribution in [0.25, 0.3) is 10.9 Å². The van der Waals surface area contributed by atoms with E-state index in [4.69, 9.17) is 4.74 Å². The molecule has 1 atom stereocenters. The number of nitrogens with zero attached hydrogens (tertiary/aromatic N) is 1. The Bertz CT molecular complexity index is 715. The van der Waals surface area contributed by atoms with E-state index in [2.05, 4.69) is 10.3 Å². The second kappa shape index (κ2) is 7.58. The van der Waals surface area contributed by atoms with Crippen LogP contribution in [0.5, 0.6) is 5.75 Å². The third-order valence-electron chi connectivity index (χ3n) is 3.64. The number of carbonyl (C=O) groups excluding carboxylic acids is 1. The summed E-state index contributed by atoms with van der Waals surface area (Å²) in [6.07, 6.45) is 3.45. The lowest BCUT2D eigenvalue weighted by Crippen LogP contribution is -2.41. The molecule has 1 aromatic carbocycles. The summed E-state index contributed by atoms with van der Waals surface area (Å²) in [4.78, 5) is 28.2. The zero-order valence-corrected chi connectivity index (χ0v) is 13.2. The second-order valence-electron chi connectivity index (χ2n) is 5.23. The molecule has 2 aromatic rings. The molecular formula is C17H20N2O4. The molecule has 6 nitrogen and oxygen atoms in total. The molecule has 0 aliphatic rings. The zero-order valence-electron chi connectivity index (χ0n) is 13.2. The Kier molecular flexibility index (Phi) is 5.51. The van der Waals surface area contributed by atoms with Crippen LogP contribution in [0.4, 0.5) is 0 Å². The number of carboxylic acid groups (broad SMARTS) is 1. The highest BCUT2D eigenvalue weighted by molar-refractivity contribution is 6.09. The van der Waals surface area contributed by atoms with E-state index in [1.807, 2.05) is 13.0 Å². The summed E-state index contributed by atoms with van der Waals surface area (Å²) >= 11 is 0. The Labute approximate surface area is 134 Å². The van der Waals surface area contributed by atoms with E-state index in [9.17, 15) is 14.7 Å². The maximum atomic E-state index is 12.6. The summed E-state index contributed by atoms with van der Waals surface area (Å²) in [6.45, 7) is 1.97. The van der Waals surface area contributed by atoms with Crippen molar-refractivity contribution in [2.24, 2.45) is 0 Å². The molecule has 1 amide bonds. The van der Waals surface area contributed by atoms with Gasteiger partial charge in [-0.1, -0.05) is 38.0 Å². The van der Waals surface area contributed by atoms with Crippen molar-refractivity contribution in [3.8, 4) is 5.75 Å². The molecule has 0 fully saturated rings. The molecule has 0 bridgehead atoms. The lowest BCUT2D eigenvalue weighted by molar-refractivity contribution is -0.139. The Morgan fingerprint density at radius 1 is 1.35 bits per heavy atom. The third-order valence-corrected chi connectivity index (χ3v) is 3.64. The number of fused-ring (bicyclic) bond motifs is 1. The lowest BCUT2D eigenvalue weighted by Gasteiger charge is -2.16. The molecule has 1 aromatic heterocycles. The minimum absolute atomic E-state index is 0.306. The third kappa shape index (κ3) is 3.77. The zero-order chi connectivity index (χ0) is 16.8. The first kappa shape index (κ1) is 16.7. The molecule has 6 heteroatoms. The smallest absolute Gasteiger partial charge is 0.326 e. The average molecular weight is 316 g/mol. The molecule has 0 unspecified atom stereocenters. The number of amides is 1. The van der Waals surface area contributed by atoms with Crippen LogP contribution in [0.1, 0.15) is 36.5 Å². The van der Waals surface area contributed by atoms with Crippen LogP contribution < -0.4 is 10.1 Å². The fraction of sp³-hybridized carbons (Fsp3) is 0.353. The standard InChI is InChI=1S/C17H20N2O4/c1-3-4-8-13(17(21)22)19-16(20)15-11-7-5-6-9-12(11)18-10-14(15)23-2/h5-7,9-10,13H,3-4,8H2,1-2H3,(H,19,20)(H,21,22)/t13-/m0/s1. The second-order valence-corrected chi connectivity index (χ2v) is 5.23. The summed E-state index contributed by atoms with van der Waals surface area (Å²) < 4.78 is 5.23. The first-order chi connectivity index (χ1) is 11.1. The number of rotatable bonds is 7. The van der Waals surface area contributed by atoms with Crippen LogP contribution in [0.2, 0.25) is 0 Å². The van der Waals surface area contributed by atoms with Gasteiger partial charge < -0.3 is 15.2 Å². The summed E-state index contributed by atoms with van der Waals surface area (Å²) in [5, 5.41) is 12.5. The van der Waals surface area contributed by atoms with E-state index < -0.39 is 17.9 Å². The van der Waals surface area contributed by atoms with Crippen LogP contribution in [0.3, 0.4) is 0 Å². The van der Waals surface area contributed by atoms with E-state index in [0.29, 0.717) is 28.6 Å². The maximum Gasteiger partial charge on any atom is 0.326 e. The van der Waals surface area contributed by atoms with Gasteiger partial charge in [0.1, 0.15) is 6.04 Å². The molecule has 0 aliphatic carbocycles. The monoisotopic (exact) mass is 316 g/mol. The van der Waals surface area contributed by atoms with Crippen LogP contribution >= 0.6 is 0 Å². The van der Waals surface area contributed by atoms with E-state index in [-0.39, 0.29) is 0 Å². The van der Waals surface area contributed by atoms with E-state index >= 15 is 0 Å². The number of para-hydroxylation sites is 1. The number of unbranched alkanes of at least 4 members (excludes halogenated alkanes) is 1. The fourth-order valence-electron chi connectivity index (χ4n) is 2.41. The number of benzene rings is 1. The Morgan fingerprint density at radius 3 is 2.74 bits per heavy atom. The number of carbonyl (C=O) groups is 2. The molecular weight excluding hydrogens is 296 g/mol. The SMILES string of the molecule is CCCC[C@H](NC(=O)c1c(OC)cnc2ccccc12)C(=O)O. The highest BCUT2D eigenvalue weighted by atomic mass is 16.5. The van der Waals surface area contributed by atoms with Gasteiger partial charge in [0, 0.05) is 5.39 Å². The minimum atomic E-state index is -1.04. The highest BCUT2D eigenvalue weighted by Crippen LogP contribution is 2.26. The Balaban J connectivity index is 2.37. The van der Waals surface area contributed by atoms with Gasteiger partial charge in [0.05, 0.1) is 24.4 Å². The van der Waals surface area contributed by atoms with Gasteiger partial charge in [-0.05, 0) is 12.5 Å². The predicted octanol–water partition coefficient (Wildman–Crippen LogP) is 2.62. The van der Waals surface area contributed by atoms with Crippen molar-refractivity contribution in [1.82, 2.24) is 10.3 Å². The number of nitrogens with one attached hydrogen (secondary N) is 1. The van der Waals surface area contributed by atoms with Crippen LogP contribution in [0.15, 0.2) is 30.5 Å². The molecule has 0 saturated carbocycles. The molecule has 0 aliphatic heterocycles. The van der Waals surface area contributed by atoms with Gasteiger partial charge in [0.2, 0.25) is 0 Å². The molecule has 0 radical (unpaired) electrons. The quantitative estimate of drug-likeness (QED) is 0.819. The van der Waals surface area contributed by atoms with Crippen molar-refractivity contribution in [3.05, 3.63) is 36.0 Å². The van der Waals surface area contributed by atoms with E-state index in [0.717, 1.165) is 12.8 Å². The number of hydrogen-bond acceptors (Lipinski definition) is 4. The summed E-state index contributed by atoms with van der Waals surface area (Å²) in [5.74, 6) is -1.19. The van der Waals surface area contributed by atoms with Crippen LogP contribution in [0, 0.1) is 0 Å². The normalized spacial score (nSPS) is 11.9. The molecule has 0 saturated heterocycles. The summed E-state index contributed by atoms with van der Waals surface area (Å²) in [5.41, 5.74) is 0.958. The van der Waals surface area contributed by atoms with Crippen molar-refractivity contribution in [1.29, 1.82) is 0 Å². The Morgan fingerprint density at radius 2 is 2.09 bits per heavy atom. The van der Waals surface area contributed by atoms with Gasteiger partial charge in [0.25, 0.3) is 5.91 Å². The lowest BCUT2D eigenvalue weighted by atomic mass is 10.1. The van der Waals surface area contributed by atoms with Gasteiger partial charge in [-0.25, -0.2) is 4.79 Å². The number of ether oxygens (including phenoxy) is 1. The van der Waals surface area contributed by atoms with Gasteiger partial charge in [-0.2, -0.15) is 0 Å². The minimum Gasteiger partial charge on any atom is -0.494 e. The first-order valence-electron chi connectivity index (χ1n) is 7.53. The molecule has 2 N–H and O–H groups in total. The van der Waals surface area contributed by atoms with Crippen molar-refractivity contribution >= 4 is 22.8 Å². The molecule has 23 heavy (non-hydrogen) atoms. The molecule has 122 valence electrons. The molecule has 0 spiro atoms. The van der Waals surface area contributed by atoms with Crippen molar-refractivity contribution in [2.45, 2.75) is 32.2 Å². The fourth-order valence-corrected chi connectivity index (χ4v) is 2.41. The predicted molar refractivity (Wildman–Crippen MR) is 86.7 cm³/mol.